The zero-order valence-corrected chi connectivity index (χ0v) is 11.9. The van der Waals surface area contributed by atoms with Crippen molar-refractivity contribution in [3.8, 4) is 0 Å². The van der Waals surface area contributed by atoms with E-state index in [4.69, 9.17) is 9.47 Å². The molecule has 0 saturated carbocycles. The Kier molecular flexibility index (Phi) is 3.65. The fourth-order valence-corrected chi connectivity index (χ4v) is 2.69. The number of methoxy groups -OCH3 is 1. The normalized spacial score (nSPS) is 31.3. The number of ether oxygens (including phenoxy) is 3. The van der Waals surface area contributed by atoms with Crippen molar-refractivity contribution in [1.82, 2.24) is 4.90 Å². The first-order valence-electron chi connectivity index (χ1n) is 6.85. The first kappa shape index (κ1) is 14.0. The molecule has 6 heteroatoms. The third kappa shape index (κ3) is 2.41. The van der Waals surface area contributed by atoms with Gasteiger partial charge in [-0.2, -0.15) is 0 Å². The molecule has 2 aliphatic rings. The maximum absolute atomic E-state index is 12.5. The van der Waals surface area contributed by atoms with Gasteiger partial charge >= 0.3 is 5.97 Å². The van der Waals surface area contributed by atoms with Gasteiger partial charge in [-0.3, -0.25) is 4.79 Å². The molecule has 4 atom stereocenters. The van der Waals surface area contributed by atoms with Crippen molar-refractivity contribution in [1.29, 1.82) is 0 Å². The molecular formula is C15H17NO5. The molecule has 0 unspecified atom stereocenters. The van der Waals surface area contributed by atoms with Gasteiger partial charge in [0.1, 0.15) is 0 Å². The van der Waals surface area contributed by atoms with Crippen LogP contribution in [0.5, 0.6) is 0 Å². The summed E-state index contributed by atoms with van der Waals surface area (Å²) >= 11 is 0. The molecule has 21 heavy (non-hydrogen) atoms. The second kappa shape index (κ2) is 5.46. The van der Waals surface area contributed by atoms with E-state index in [9.17, 15) is 9.59 Å². The molecule has 0 aromatic heterocycles. The number of nitrogens with zero attached hydrogens (tertiary/aromatic N) is 1. The second-order valence-corrected chi connectivity index (χ2v) is 5.20. The molecule has 2 saturated heterocycles. The van der Waals surface area contributed by atoms with E-state index in [1.165, 1.54) is 7.11 Å². The highest BCUT2D eigenvalue weighted by atomic mass is 16.7. The van der Waals surface area contributed by atoms with Crippen molar-refractivity contribution in [2.45, 2.75) is 38.0 Å². The van der Waals surface area contributed by atoms with Gasteiger partial charge in [0.05, 0.1) is 13.2 Å². The van der Waals surface area contributed by atoms with Gasteiger partial charge in [0.25, 0.3) is 5.91 Å². The largest absolute Gasteiger partial charge is 0.467 e. The number of morpholine rings is 1. The molecule has 0 spiro atoms. The molecule has 2 bridgehead atoms. The van der Waals surface area contributed by atoms with Crippen LogP contribution in [0.2, 0.25) is 0 Å². The van der Waals surface area contributed by atoms with Crippen LogP contribution in [0.3, 0.4) is 0 Å². The molecule has 112 valence electrons. The molecule has 1 amide bonds. The van der Waals surface area contributed by atoms with Gasteiger partial charge in [-0.15, -0.1) is 0 Å². The van der Waals surface area contributed by atoms with E-state index in [0.29, 0.717) is 6.54 Å². The molecule has 2 heterocycles. The molecule has 6 nitrogen and oxygen atoms in total. The summed E-state index contributed by atoms with van der Waals surface area (Å²) in [5.41, 5.74) is 1.02. The second-order valence-electron chi connectivity index (χ2n) is 5.20. The Morgan fingerprint density at radius 3 is 2.67 bits per heavy atom. The van der Waals surface area contributed by atoms with Crippen LogP contribution < -0.4 is 0 Å². The number of esters is 1. The summed E-state index contributed by atoms with van der Waals surface area (Å²) in [5, 5.41) is 0. The van der Waals surface area contributed by atoms with Gasteiger partial charge in [0.15, 0.2) is 18.5 Å². The molecule has 0 N–H and O–H groups in total. The third-order valence-corrected chi connectivity index (χ3v) is 3.88. The van der Waals surface area contributed by atoms with E-state index in [1.807, 2.05) is 37.3 Å². The van der Waals surface area contributed by atoms with Crippen molar-refractivity contribution in [3.05, 3.63) is 35.9 Å². The molecule has 1 aromatic carbocycles. The van der Waals surface area contributed by atoms with Crippen molar-refractivity contribution >= 4 is 11.9 Å². The average molecular weight is 291 g/mol. The fourth-order valence-electron chi connectivity index (χ4n) is 2.69. The predicted molar refractivity (Wildman–Crippen MR) is 72.0 cm³/mol. The summed E-state index contributed by atoms with van der Waals surface area (Å²) in [6, 6.07) is 9.42. The smallest absolute Gasteiger partial charge is 0.338 e. The summed E-state index contributed by atoms with van der Waals surface area (Å²) in [7, 11) is 1.27. The predicted octanol–water partition coefficient (Wildman–Crippen LogP) is 0.700. The SMILES string of the molecule is COC(=O)[C@@H]1O[C@@H]2O[C@H]1C(=O)N(Cc1ccccc1)[C@@H]2C. The standard InChI is InChI=1S/C15H17NO5/c1-9-15-20-11(12(21-15)14(18)19-2)13(17)16(9)8-10-6-4-3-5-7-10/h3-7,9,11-12,15H,8H2,1-2H3/t9-,11-,12-,15+/m1/s1. The summed E-state index contributed by atoms with van der Waals surface area (Å²) in [5.74, 6) is -0.819. The molecular weight excluding hydrogens is 274 g/mol. The highest BCUT2D eigenvalue weighted by Crippen LogP contribution is 2.32. The average Bonchev–Trinajstić information content (AvgIpc) is 2.92. The van der Waals surface area contributed by atoms with E-state index in [-0.39, 0.29) is 11.9 Å². The summed E-state index contributed by atoms with van der Waals surface area (Å²) < 4.78 is 15.7. The van der Waals surface area contributed by atoms with E-state index in [1.54, 1.807) is 4.90 Å². The van der Waals surface area contributed by atoms with E-state index >= 15 is 0 Å². The number of rotatable bonds is 3. The molecule has 2 fully saturated rings. The van der Waals surface area contributed by atoms with Crippen molar-refractivity contribution in [2.24, 2.45) is 0 Å². The summed E-state index contributed by atoms with van der Waals surface area (Å²) in [6.07, 6.45) is -2.49. The van der Waals surface area contributed by atoms with Crippen LogP contribution >= 0.6 is 0 Å². The lowest BCUT2D eigenvalue weighted by Crippen LogP contribution is -2.54. The highest BCUT2D eigenvalue weighted by molar-refractivity contribution is 5.90. The quantitative estimate of drug-likeness (QED) is 0.767. The van der Waals surface area contributed by atoms with Gasteiger partial charge in [0, 0.05) is 6.54 Å². The molecule has 0 radical (unpaired) electrons. The Hall–Kier alpha value is -1.92. The number of carbonyl (C=O) groups is 2. The van der Waals surface area contributed by atoms with E-state index in [0.717, 1.165) is 5.56 Å². The third-order valence-electron chi connectivity index (χ3n) is 3.88. The number of benzene rings is 1. The van der Waals surface area contributed by atoms with E-state index < -0.39 is 24.5 Å². The van der Waals surface area contributed by atoms with E-state index in [2.05, 4.69) is 4.74 Å². The van der Waals surface area contributed by atoms with Crippen molar-refractivity contribution in [2.75, 3.05) is 7.11 Å². The lowest BCUT2D eigenvalue weighted by Gasteiger charge is -2.36. The lowest BCUT2D eigenvalue weighted by molar-refractivity contribution is -0.175. The Balaban J connectivity index is 1.81. The van der Waals surface area contributed by atoms with Crippen molar-refractivity contribution in [3.63, 3.8) is 0 Å². The first-order chi connectivity index (χ1) is 10.1. The van der Waals surface area contributed by atoms with Gasteiger partial charge < -0.3 is 19.1 Å². The van der Waals surface area contributed by atoms with Crippen LogP contribution in [0.25, 0.3) is 0 Å². The molecule has 3 rings (SSSR count). The monoisotopic (exact) mass is 291 g/mol. The van der Waals surface area contributed by atoms with Crippen molar-refractivity contribution < 1.29 is 23.8 Å². The first-order valence-corrected chi connectivity index (χ1v) is 6.85. The molecule has 0 aliphatic carbocycles. The van der Waals surface area contributed by atoms with Crippen LogP contribution in [0.15, 0.2) is 30.3 Å². The number of amides is 1. The van der Waals surface area contributed by atoms with Crippen LogP contribution in [0.1, 0.15) is 12.5 Å². The number of hydrogen-bond donors (Lipinski definition) is 0. The van der Waals surface area contributed by atoms with Crippen LogP contribution in [-0.4, -0.2) is 48.4 Å². The number of carbonyl (C=O) groups excluding carboxylic acids is 2. The maximum atomic E-state index is 12.5. The Labute approximate surface area is 122 Å². The summed E-state index contributed by atoms with van der Waals surface area (Å²) in [6.45, 7) is 2.32. The molecule has 1 aromatic rings. The van der Waals surface area contributed by atoms with Gasteiger partial charge in [-0.05, 0) is 12.5 Å². The highest BCUT2D eigenvalue weighted by Gasteiger charge is 2.54. The minimum absolute atomic E-state index is 0.240. The van der Waals surface area contributed by atoms with Gasteiger partial charge in [-0.1, -0.05) is 30.3 Å². The Morgan fingerprint density at radius 2 is 2.00 bits per heavy atom. The minimum atomic E-state index is -0.976. The maximum Gasteiger partial charge on any atom is 0.338 e. The Morgan fingerprint density at radius 1 is 1.29 bits per heavy atom. The van der Waals surface area contributed by atoms with Crippen LogP contribution in [0, 0.1) is 0 Å². The lowest BCUT2D eigenvalue weighted by atomic mass is 10.1. The number of fused-ring (bicyclic) bond motifs is 2. The van der Waals surface area contributed by atoms with Gasteiger partial charge in [-0.25, -0.2) is 4.79 Å². The topological polar surface area (TPSA) is 65.1 Å². The van der Waals surface area contributed by atoms with Crippen LogP contribution in [-0.2, 0) is 30.3 Å². The van der Waals surface area contributed by atoms with Crippen LogP contribution in [0.4, 0.5) is 0 Å². The zero-order chi connectivity index (χ0) is 15.0. The summed E-state index contributed by atoms with van der Waals surface area (Å²) in [4.78, 5) is 25.9. The minimum Gasteiger partial charge on any atom is -0.467 e. The van der Waals surface area contributed by atoms with Gasteiger partial charge in [0.2, 0.25) is 0 Å². The molecule has 2 aliphatic heterocycles. The Bertz CT molecular complexity index is 546. The fraction of sp³-hybridized carbons (Fsp3) is 0.467. The zero-order valence-electron chi connectivity index (χ0n) is 11.9. The number of hydrogen-bond acceptors (Lipinski definition) is 5.